The molecule has 2 N–H and O–H groups in total. The summed E-state index contributed by atoms with van der Waals surface area (Å²) in [4.78, 5) is 37.9. The number of hydrogen-bond donors (Lipinski definition) is 2. The van der Waals surface area contributed by atoms with Crippen LogP contribution in [0.1, 0.15) is 35.7 Å². The predicted molar refractivity (Wildman–Crippen MR) is 113 cm³/mol. The van der Waals surface area contributed by atoms with Crippen molar-refractivity contribution in [1.29, 1.82) is 0 Å². The molecule has 0 saturated carbocycles. The average molecular weight is 432 g/mol. The lowest BCUT2D eigenvalue weighted by molar-refractivity contribution is -0.136. The Morgan fingerprint density at radius 2 is 2.10 bits per heavy atom. The molecule has 2 aliphatic heterocycles. The molecule has 2 heterocycles. The predicted octanol–water partition coefficient (Wildman–Crippen LogP) is 2.32. The summed E-state index contributed by atoms with van der Waals surface area (Å²) in [5.41, 5.74) is 2.02. The summed E-state index contributed by atoms with van der Waals surface area (Å²) in [7, 11) is 1.50. The maximum atomic E-state index is 14.1. The Morgan fingerprint density at radius 3 is 2.83 bits per heavy atom. The molecule has 0 bridgehead atoms. The molecule has 1 saturated heterocycles. The average Bonchev–Trinajstić information content (AvgIpc) is 3.08. The molecule has 0 spiro atoms. The Kier molecular flexibility index (Phi) is 5.89. The zero-order valence-corrected chi connectivity index (χ0v) is 17.3. The zero-order chi connectivity index (χ0) is 21.5. The summed E-state index contributed by atoms with van der Waals surface area (Å²) in [6.07, 6.45) is -0.0647. The van der Waals surface area contributed by atoms with E-state index in [1.807, 2.05) is 0 Å². The van der Waals surface area contributed by atoms with Crippen LogP contribution in [0.25, 0.3) is 0 Å². The van der Waals surface area contributed by atoms with Gasteiger partial charge in [0.05, 0.1) is 8.48 Å². The molecule has 158 valence electrons. The van der Waals surface area contributed by atoms with E-state index in [9.17, 15) is 18.8 Å². The van der Waals surface area contributed by atoms with Crippen LogP contribution in [0.5, 0.6) is 5.75 Å². The molecule has 4 rings (SSSR count). The normalized spacial score (nSPS) is 20.8. The van der Waals surface area contributed by atoms with Crippen molar-refractivity contribution in [3.63, 3.8) is 0 Å². The number of carbonyl (C=O) groups excluding carboxylic acids is 3. The van der Waals surface area contributed by atoms with Gasteiger partial charge in [-0.3, -0.25) is 19.7 Å². The third-order valence-electron chi connectivity index (χ3n) is 5.12. The number of hydrogen-bond acceptors (Lipinski definition) is 5. The van der Waals surface area contributed by atoms with Crippen molar-refractivity contribution in [2.75, 3.05) is 12.4 Å². The first kappa shape index (κ1) is 20.2. The van der Waals surface area contributed by atoms with E-state index in [0.717, 1.165) is 0 Å². The fourth-order valence-electron chi connectivity index (χ4n) is 3.58. The third-order valence-corrected chi connectivity index (χ3v) is 5.12. The number of piperidine rings is 1. The van der Waals surface area contributed by atoms with Crippen LogP contribution in [0.15, 0.2) is 36.4 Å². The number of amides is 3. The first-order valence-corrected chi connectivity index (χ1v) is 9.18. The topological polar surface area (TPSA) is 87.7 Å². The van der Waals surface area contributed by atoms with E-state index < -0.39 is 23.7 Å². The Balaban J connectivity index is 0.00000272. The highest BCUT2D eigenvalue weighted by Crippen LogP contribution is 2.32. The molecule has 0 aromatic heterocycles. The minimum absolute atomic E-state index is 0. The van der Waals surface area contributed by atoms with E-state index in [0.29, 0.717) is 28.1 Å². The molecule has 1 fully saturated rings. The number of ether oxygens (including phenoxy) is 1. The summed E-state index contributed by atoms with van der Waals surface area (Å²) in [5.74, 6) is -1.55. The van der Waals surface area contributed by atoms with Crippen LogP contribution in [0.3, 0.4) is 0 Å². The van der Waals surface area contributed by atoms with Gasteiger partial charge in [-0.2, -0.15) is 13.5 Å². The largest absolute Gasteiger partial charge is 0.497 e. The monoisotopic (exact) mass is 432 g/mol. The molecular formula is C21H22FN3O4S. The second kappa shape index (κ2) is 8.74. The lowest BCUT2D eigenvalue weighted by Crippen LogP contribution is -2.52. The standard InChI is InChI=1S/C21H20FN3O4.H2S/c1-29-13-5-6-16(22)12(9-13)10-23-17-4-2-3-14-15(17)11-25(21(14)28)18-7-8-19(26)24-20(18)27;/h2-6,9,18,23H,7-8,10-11H2,1H3,(H,24,26,27);1H2/t18-;/m1./s1/i18D;. The number of nitrogens with zero attached hydrogens (tertiary/aromatic N) is 1. The second-order valence-corrected chi connectivity index (χ2v) is 6.86. The Hall–Kier alpha value is -3.07. The van der Waals surface area contributed by atoms with Crippen molar-refractivity contribution in [3.05, 3.63) is 58.9 Å². The molecule has 7 nitrogen and oxygen atoms in total. The maximum absolute atomic E-state index is 14.1. The van der Waals surface area contributed by atoms with Gasteiger partial charge in [0.15, 0.2) is 0 Å². The van der Waals surface area contributed by atoms with Gasteiger partial charge in [0.2, 0.25) is 11.8 Å². The SMILES string of the molecule is S.[2H][C@@]1(N2Cc3c(NCc4cc(OC)ccc4F)cccc3C2=O)CCC(=O)NC1=O. The van der Waals surface area contributed by atoms with E-state index in [-0.39, 0.29) is 45.2 Å². The molecule has 3 amide bonds. The number of carbonyl (C=O) groups is 3. The molecule has 30 heavy (non-hydrogen) atoms. The fraction of sp³-hybridized carbons (Fsp3) is 0.286. The van der Waals surface area contributed by atoms with Gasteiger partial charge in [0.25, 0.3) is 5.91 Å². The van der Waals surface area contributed by atoms with Crippen LogP contribution in [0.2, 0.25) is 0 Å². The third kappa shape index (κ3) is 3.97. The van der Waals surface area contributed by atoms with E-state index in [1.165, 1.54) is 24.1 Å². The second-order valence-electron chi connectivity index (χ2n) is 6.86. The first-order chi connectivity index (χ1) is 14.3. The van der Waals surface area contributed by atoms with Crippen LogP contribution in [-0.2, 0) is 22.7 Å². The van der Waals surface area contributed by atoms with Gasteiger partial charge in [-0.25, -0.2) is 4.39 Å². The van der Waals surface area contributed by atoms with Crippen molar-refractivity contribution in [2.24, 2.45) is 0 Å². The van der Waals surface area contributed by atoms with Crippen molar-refractivity contribution in [2.45, 2.75) is 31.9 Å². The van der Waals surface area contributed by atoms with Crippen LogP contribution >= 0.6 is 13.5 Å². The quantitative estimate of drug-likeness (QED) is 0.708. The van der Waals surface area contributed by atoms with Crippen LogP contribution in [0.4, 0.5) is 10.1 Å². The summed E-state index contributed by atoms with van der Waals surface area (Å²) < 4.78 is 27.8. The first-order valence-electron chi connectivity index (χ1n) is 9.68. The minimum atomic E-state index is -1.85. The highest BCUT2D eigenvalue weighted by molar-refractivity contribution is 7.59. The molecule has 0 unspecified atom stereocenters. The fourth-order valence-corrected chi connectivity index (χ4v) is 3.58. The number of rotatable bonds is 5. The summed E-state index contributed by atoms with van der Waals surface area (Å²) in [6, 6.07) is 7.67. The number of halogens is 1. The van der Waals surface area contributed by atoms with Gasteiger partial charge in [0, 0.05) is 41.9 Å². The Morgan fingerprint density at radius 1 is 1.30 bits per heavy atom. The van der Waals surface area contributed by atoms with Crippen molar-refractivity contribution in [1.82, 2.24) is 10.2 Å². The van der Waals surface area contributed by atoms with E-state index in [1.54, 1.807) is 24.3 Å². The number of anilines is 1. The van der Waals surface area contributed by atoms with Crippen LogP contribution in [-0.4, -0.2) is 35.7 Å². The van der Waals surface area contributed by atoms with Crippen LogP contribution < -0.4 is 15.4 Å². The smallest absolute Gasteiger partial charge is 0.255 e. The van der Waals surface area contributed by atoms with Crippen LogP contribution in [0, 0.1) is 5.82 Å². The molecule has 2 aromatic rings. The lowest BCUT2D eigenvalue weighted by Gasteiger charge is -2.29. The molecule has 2 aliphatic rings. The maximum Gasteiger partial charge on any atom is 0.255 e. The summed E-state index contributed by atoms with van der Waals surface area (Å²) in [5, 5.41) is 5.28. The minimum Gasteiger partial charge on any atom is -0.497 e. The zero-order valence-electron chi connectivity index (χ0n) is 17.3. The number of imide groups is 1. The number of fused-ring (bicyclic) bond motifs is 1. The Labute approximate surface area is 181 Å². The molecular weight excluding hydrogens is 409 g/mol. The van der Waals surface area contributed by atoms with Gasteiger partial charge in [-0.05, 0) is 36.8 Å². The molecule has 0 radical (unpaired) electrons. The molecule has 1 atom stereocenters. The van der Waals surface area contributed by atoms with E-state index >= 15 is 0 Å². The van der Waals surface area contributed by atoms with E-state index in [2.05, 4.69) is 10.6 Å². The van der Waals surface area contributed by atoms with Gasteiger partial charge >= 0.3 is 0 Å². The van der Waals surface area contributed by atoms with Gasteiger partial charge in [-0.15, -0.1) is 0 Å². The highest BCUT2D eigenvalue weighted by Gasteiger charge is 2.39. The van der Waals surface area contributed by atoms with Crippen molar-refractivity contribution >= 4 is 36.9 Å². The molecule has 9 heteroatoms. The number of nitrogens with one attached hydrogen (secondary N) is 2. The number of methoxy groups -OCH3 is 1. The summed E-state index contributed by atoms with van der Waals surface area (Å²) >= 11 is 0. The number of benzene rings is 2. The summed E-state index contributed by atoms with van der Waals surface area (Å²) in [6.45, 7) is 0.206. The van der Waals surface area contributed by atoms with Crippen molar-refractivity contribution in [3.8, 4) is 5.75 Å². The van der Waals surface area contributed by atoms with Gasteiger partial charge < -0.3 is 15.0 Å². The molecule has 0 aliphatic carbocycles. The lowest BCUT2D eigenvalue weighted by atomic mass is 10.0. The van der Waals surface area contributed by atoms with Crippen molar-refractivity contribution < 1.29 is 24.9 Å². The van der Waals surface area contributed by atoms with Gasteiger partial charge in [0.1, 0.15) is 17.6 Å². The van der Waals surface area contributed by atoms with Gasteiger partial charge in [-0.1, -0.05) is 6.07 Å². The molecule has 2 aromatic carbocycles. The Bertz CT molecular complexity index is 1070. The van der Waals surface area contributed by atoms with E-state index in [4.69, 9.17) is 6.11 Å². The highest BCUT2D eigenvalue weighted by atomic mass is 32.1.